The summed E-state index contributed by atoms with van der Waals surface area (Å²) in [5, 5.41) is 11.0. The lowest BCUT2D eigenvalue weighted by molar-refractivity contribution is -0.760. The van der Waals surface area contributed by atoms with Crippen LogP contribution in [-0.4, -0.2) is 18.2 Å². The molecule has 0 aliphatic heterocycles. The standard InChI is InChI=1S/C2H5N3O4/c1-8-2(3)4-9-5(6)7/h1H3,(H2,3,4). The van der Waals surface area contributed by atoms with Gasteiger partial charge in [-0.15, -0.1) is 4.94 Å². The normalized spacial score (nSPS) is 10.6. The third kappa shape index (κ3) is 4.32. The summed E-state index contributed by atoms with van der Waals surface area (Å²) in [5.74, 6) is 0. The van der Waals surface area contributed by atoms with Crippen LogP contribution in [0.2, 0.25) is 0 Å². The van der Waals surface area contributed by atoms with E-state index in [1.807, 2.05) is 0 Å². The van der Waals surface area contributed by atoms with Gasteiger partial charge in [0.15, 0.2) is 5.09 Å². The van der Waals surface area contributed by atoms with Gasteiger partial charge in [-0.25, -0.2) is 10.1 Å². The number of ether oxygens (including phenoxy) is 1. The van der Waals surface area contributed by atoms with E-state index in [1.165, 1.54) is 7.11 Å². The molecular weight excluding hydrogens is 130 g/mol. The zero-order valence-corrected chi connectivity index (χ0v) is 4.60. The van der Waals surface area contributed by atoms with Crippen molar-refractivity contribution >= 4 is 6.02 Å². The van der Waals surface area contributed by atoms with Gasteiger partial charge in [0.25, 0.3) is 0 Å². The molecule has 52 valence electrons. The summed E-state index contributed by atoms with van der Waals surface area (Å²) >= 11 is 0. The molecule has 0 saturated heterocycles. The van der Waals surface area contributed by atoms with Crippen molar-refractivity contribution in [2.75, 3.05) is 7.11 Å². The molecule has 0 amide bonds. The topological polar surface area (TPSA) is 100.0 Å². The number of nitrogens with two attached hydrogens (primary N) is 1. The third-order valence-corrected chi connectivity index (χ3v) is 0.407. The summed E-state index contributed by atoms with van der Waals surface area (Å²) in [6.07, 6.45) is 0. The van der Waals surface area contributed by atoms with Gasteiger partial charge in [0.05, 0.1) is 7.11 Å². The smallest absolute Gasteiger partial charge is 0.433 e. The molecule has 0 fully saturated rings. The average molecular weight is 135 g/mol. The molecular formula is C2H5N3O4. The van der Waals surface area contributed by atoms with Gasteiger partial charge in [0.2, 0.25) is 0 Å². The van der Waals surface area contributed by atoms with E-state index in [4.69, 9.17) is 5.73 Å². The molecule has 0 aliphatic rings. The summed E-state index contributed by atoms with van der Waals surface area (Å²) in [5.41, 5.74) is 4.82. The lowest BCUT2D eigenvalue weighted by Gasteiger charge is -1.88. The van der Waals surface area contributed by atoms with Crippen LogP contribution in [0.15, 0.2) is 5.16 Å². The van der Waals surface area contributed by atoms with Gasteiger partial charge in [-0.3, -0.25) is 0 Å². The van der Waals surface area contributed by atoms with Crippen LogP contribution in [0.5, 0.6) is 0 Å². The summed E-state index contributed by atoms with van der Waals surface area (Å²) in [6, 6.07) is -0.397. The Morgan fingerprint density at radius 3 is 2.78 bits per heavy atom. The molecule has 0 aromatic heterocycles. The predicted octanol–water partition coefficient (Wildman–Crippen LogP) is -0.929. The second kappa shape index (κ2) is 3.47. The van der Waals surface area contributed by atoms with Crippen molar-refractivity contribution in [3.63, 3.8) is 0 Å². The Morgan fingerprint density at radius 2 is 2.44 bits per heavy atom. The molecule has 7 nitrogen and oxygen atoms in total. The zero-order valence-electron chi connectivity index (χ0n) is 4.60. The molecule has 0 saturated carbocycles. The van der Waals surface area contributed by atoms with Crippen molar-refractivity contribution in [3.8, 4) is 0 Å². The third-order valence-electron chi connectivity index (χ3n) is 0.407. The monoisotopic (exact) mass is 135 g/mol. The number of hydrogen-bond donors (Lipinski definition) is 1. The van der Waals surface area contributed by atoms with Crippen molar-refractivity contribution in [2.45, 2.75) is 0 Å². The fraction of sp³-hybridized carbons (Fsp3) is 0.500. The predicted molar refractivity (Wildman–Crippen MR) is 26.7 cm³/mol. The molecule has 0 atom stereocenters. The Labute approximate surface area is 50.1 Å². The first-order chi connectivity index (χ1) is 4.16. The van der Waals surface area contributed by atoms with E-state index in [9.17, 15) is 10.1 Å². The van der Waals surface area contributed by atoms with Crippen LogP contribution in [0.1, 0.15) is 0 Å². The molecule has 2 N–H and O–H groups in total. The molecule has 0 heterocycles. The van der Waals surface area contributed by atoms with E-state index in [0.717, 1.165) is 0 Å². The van der Waals surface area contributed by atoms with Gasteiger partial charge >= 0.3 is 6.02 Å². The van der Waals surface area contributed by atoms with Crippen molar-refractivity contribution in [1.29, 1.82) is 0 Å². The van der Waals surface area contributed by atoms with Crippen molar-refractivity contribution in [3.05, 3.63) is 10.1 Å². The highest BCUT2D eigenvalue weighted by Crippen LogP contribution is 1.75. The Hall–Kier alpha value is -1.53. The summed E-state index contributed by atoms with van der Waals surface area (Å²) in [4.78, 5) is 12.8. The highest BCUT2D eigenvalue weighted by Gasteiger charge is 1.95. The lowest BCUT2D eigenvalue weighted by Crippen LogP contribution is -2.14. The van der Waals surface area contributed by atoms with Gasteiger partial charge in [-0.05, 0) is 0 Å². The first-order valence-electron chi connectivity index (χ1n) is 1.85. The maximum absolute atomic E-state index is 9.38. The van der Waals surface area contributed by atoms with Crippen LogP contribution in [0.3, 0.4) is 0 Å². The molecule has 0 aromatic rings. The Bertz CT molecular complexity index is 132. The summed E-state index contributed by atoms with van der Waals surface area (Å²) in [7, 11) is 1.21. The van der Waals surface area contributed by atoms with Crippen molar-refractivity contribution in [1.82, 2.24) is 0 Å². The fourth-order valence-electron chi connectivity index (χ4n) is 0.111. The number of nitrogens with zero attached hydrogens (tertiary/aromatic N) is 2. The molecule has 0 unspecified atom stereocenters. The maximum atomic E-state index is 9.38. The van der Waals surface area contributed by atoms with Gasteiger partial charge in [0.1, 0.15) is 5.16 Å². The first-order valence-corrected chi connectivity index (χ1v) is 1.85. The van der Waals surface area contributed by atoms with E-state index in [1.54, 1.807) is 0 Å². The minimum absolute atomic E-state index is 0.397. The Kier molecular flexibility index (Phi) is 2.88. The molecule has 0 aliphatic carbocycles. The molecule has 9 heavy (non-hydrogen) atoms. The van der Waals surface area contributed by atoms with Crippen molar-refractivity contribution in [2.24, 2.45) is 10.9 Å². The lowest BCUT2D eigenvalue weighted by atomic mass is 11.2. The second-order valence-electron chi connectivity index (χ2n) is 0.939. The Morgan fingerprint density at radius 1 is 1.89 bits per heavy atom. The van der Waals surface area contributed by atoms with Crippen LogP contribution in [0.25, 0.3) is 0 Å². The molecule has 0 rings (SSSR count). The van der Waals surface area contributed by atoms with Crippen LogP contribution < -0.4 is 5.73 Å². The molecule has 0 bridgehead atoms. The fourth-order valence-corrected chi connectivity index (χ4v) is 0.111. The first kappa shape index (κ1) is 7.47. The van der Waals surface area contributed by atoms with Gasteiger partial charge in [0, 0.05) is 0 Å². The van der Waals surface area contributed by atoms with Crippen LogP contribution in [-0.2, 0) is 9.68 Å². The van der Waals surface area contributed by atoms with Gasteiger partial charge in [-0.1, -0.05) is 0 Å². The van der Waals surface area contributed by atoms with Crippen LogP contribution >= 0.6 is 0 Å². The molecule has 0 aromatic carbocycles. The van der Waals surface area contributed by atoms with E-state index in [0.29, 0.717) is 0 Å². The quantitative estimate of drug-likeness (QED) is 0.228. The Balaban J connectivity index is 3.56. The average Bonchev–Trinajstić information content (AvgIpc) is 1.83. The summed E-state index contributed by atoms with van der Waals surface area (Å²) in [6.45, 7) is 0. The van der Waals surface area contributed by atoms with Crippen LogP contribution in [0.4, 0.5) is 0 Å². The molecule has 0 spiro atoms. The second-order valence-corrected chi connectivity index (χ2v) is 0.939. The molecule has 0 radical (unpaired) electrons. The van der Waals surface area contributed by atoms with Gasteiger partial charge in [-0.2, -0.15) is 0 Å². The highest BCUT2D eigenvalue weighted by molar-refractivity contribution is 5.70. The SMILES string of the molecule is CO/C(N)=N\O[N+](=O)[O-]. The number of methoxy groups -OCH3 is 1. The van der Waals surface area contributed by atoms with E-state index in [2.05, 4.69) is 14.8 Å². The highest BCUT2D eigenvalue weighted by atomic mass is 17.0. The maximum Gasteiger partial charge on any atom is 0.433 e. The van der Waals surface area contributed by atoms with Gasteiger partial charge < -0.3 is 10.5 Å². The largest absolute Gasteiger partial charge is 0.448 e. The van der Waals surface area contributed by atoms with E-state index in [-0.39, 0.29) is 0 Å². The number of hydrogen-bond acceptors (Lipinski definition) is 5. The number of oxime groups is 1. The van der Waals surface area contributed by atoms with Crippen molar-refractivity contribution < 1.29 is 14.8 Å². The number of rotatable bonds is 2. The zero-order chi connectivity index (χ0) is 7.28. The van der Waals surface area contributed by atoms with E-state index >= 15 is 0 Å². The van der Waals surface area contributed by atoms with Crippen LogP contribution in [0, 0.1) is 10.1 Å². The minimum atomic E-state index is -1.11. The minimum Gasteiger partial charge on any atom is -0.448 e. The number of amidine groups is 1. The summed E-state index contributed by atoms with van der Waals surface area (Å²) < 4.78 is 4.20. The molecule has 7 heteroatoms. The van der Waals surface area contributed by atoms with E-state index < -0.39 is 11.1 Å².